The Morgan fingerprint density at radius 1 is 1.79 bits per heavy atom. The molecule has 1 aromatic rings. The second-order valence-corrected chi connectivity index (χ2v) is 3.74. The van der Waals surface area contributed by atoms with Crippen molar-refractivity contribution >= 4 is 17.3 Å². The zero-order valence-electron chi connectivity index (χ0n) is 8.11. The van der Waals surface area contributed by atoms with Crippen LogP contribution < -0.4 is 0 Å². The van der Waals surface area contributed by atoms with Crippen molar-refractivity contribution in [3.8, 4) is 0 Å². The number of thiophene rings is 1. The molecule has 3 nitrogen and oxygen atoms in total. The first kappa shape index (κ1) is 10.7. The summed E-state index contributed by atoms with van der Waals surface area (Å²) in [7, 11) is 1.31. The zero-order chi connectivity index (χ0) is 10.6. The van der Waals surface area contributed by atoms with Crippen molar-refractivity contribution in [3.63, 3.8) is 0 Å². The highest BCUT2D eigenvalue weighted by Crippen LogP contribution is 2.34. The van der Waals surface area contributed by atoms with Crippen molar-refractivity contribution in [2.75, 3.05) is 7.11 Å². The third kappa shape index (κ3) is 1.51. The lowest BCUT2D eigenvalue weighted by molar-refractivity contribution is -0.145. The summed E-state index contributed by atoms with van der Waals surface area (Å²) >= 11 is 1.41. The summed E-state index contributed by atoms with van der Waals surface area (Å²) in [6, 6.07) is 3.63. The quantitative estimate of drug-likeness (QED) is 0.565. The van der Waals surface area contributed by atoms with Gasteiger partial charge in [0.1, 0.15) is 4.88 Å². The number of carbonyl (C=O) groups is 1. The van der Waals surface area contributed by atoms with Gasteiger partial charge in [-0.2, -0.15) is 0 Å². The van der Waals surface area contributed by atoms with Crippen molar-refractivity contribution in [1.29, 1.82) is 0 Å². The second kappa shape index (κ2) is 4.25. The van der Waals surface area contributed by atoms with Crippen LogP contribution in [0.25, 0.3) is 4.85 Å². The third-order valence-corrected chi connectivity index (χ3v) is 3.18. The highest BCUT2D eigenvalue weighted by molar-refractivity contribution is 7.10. The minimum absolute atomic E-state index is 0.434. The number of hydrogen-bond acceptors (Lipinski definition) is 3. The molecule has 0 aliphatic carbocycles. The Kier molecular flexibility index (Phi) is 3.26. The van der Waals surface area contributed by atoms with E-state index in [2.05, 4.69) is 9.58 Å². The zero-order valence-corrected chi connectivity index (χ0v) is 8.93. The van der Waals surface area contributed by atoms with Crippen molar-refractivity contribution in [2.24, 2.45) is 0 Å². The molecule has 0 amide bonds. The van der Waals surface area contributed by atoms with Crippen LogP contribution >= 0.6 is 11.3 Å². The average molecular weight is 209 g/mol. The van der Waals surface area contributed by atoms with E-state index in [9.17, 15) is 4.79 Å². The van der Waals surface area contributed by atoms with E-state index in [1.54, 1.807) is 6.07 Å². The summed E-state index contributed by atoms with van der Waals surface area (Å²) in [5, 5.41) is 1.86. The van der Waals surface area contributed by atoms with Crippen LogP contribution in [0.1, 0.15) is 18.2 Å². The van der Waals surface area contributed by atoms with Crippen LogP contribution in [-0.4, -0.2) is 13.1 Å². The van der Waals surface area contributed by atoms with Gasteiger partial charge in [0.15, 0.2) is 0 Å². The number of carbonyl (C=O) groups excluding carboxylic acids is 1. The van der Waals surface area contributed by atoms with E-state index in [-0.39, 0.29) is 0 Å². The molecular weight excluding hydrogens is 198 g/mol. The fraction of sp³-hybridized carbons (Fsp3) is 0.400. The number of esters is 1. The van der Waals surface area contributed by atoms with Gasteiger partial charge in [-0.05, 0) is 11.4 Å². The SMILES string of the molecule is [C-]#[N+]C(CC)(C(=O)OC)c1cccs1. The van der Waals surface area contributed by atoms with Crippen LogP contribution in [0.15, 0.2) is 17.5 Å². The summed E-state index contributed by atoms with van der Waals surface area (Å²) in [5.74, 6) is -0.475. The number of rotatable bonds is 3. The predicted molar refractivity (Wildman–Crippen MR) is 54.9 cm³/mol. The Balaban J connectivity index is 3.19. The lowest BCUT2D eigenvalue weighted by atomic mass is 9.95. The van der Waals surface area contributed by atoms with Gasteiger partial charge in [0.2, 0.25) is 0 Å². The highest BCUT2D eigenvalue weighted by Gasteiger charge is 2.48. The lowest BCUT2D eigenvalue weighted by Gasteiger charge is -2.15. The molecular formula is C10H11NO2S. The summed E-state index contributed by atoms with van der Waals surface area (Å²) < 4.78 is 4.68. The molecule has 1 unspecified atom stereocenters. The minimum Gasteiger partial charge on any atom is -0.463 e. The molecule has 14 heavy (non-hydrogen) atoms. The number of ether oxygens (including phenoxy) is 1. The summed E-state index contributed by atoms with van der Waals surface area (Å²) in [6.07, 6.45) is 0.434. The van der Waals surface area contributed by atoms with E-state index >= 15 is 0 Å². The third-order valence-electron chi connectivity index (χ3n) is 2.15. The Bertz CT molecular complexity index is 353. The molecule has 1 heterocycles. The Morgan fingerprint density at radius 2 is 2.50 bits per heavy atom. The monoisotopic (exact) mass is 209 g/mol. The average Bonchev–Trinajstić information content (AvgIpc) is 2.74. The van der Waals surface area contributed by atoms with Gasteiger partial charge in [0.25, 0.3) is 0 Å². The summed E-state index contributed by atoms with van der Waals surface area (Å²) in [6.45, 7) is 8.96. The molecule has 4 heteroatoms. The Hall–Kier alpha value is -1.34. The lowest BCUT2D eigenvalue weighted by Crippen LogP contribution is -2.31. The van der Waals surface area contributed by atoms with Gasteiger partial charge in [-0.1, -0.05) is 13.0 Å². The van der Waals surface area contributed by atoms with Crippen molar-refractivity contribution in [1.82, 2.24) is 0 Å². The molecule has 0 aliphatic rings. The van der Waals surface area contributed by atoms with Gasteiger partial charge in [-0.15, -0.1) is 11.3 Å². The maximum absolute atomic E-state index is 11.6. The van der Waals surface area contributed by atoms with Crippen LogP contribution in [0.5, 0.6) is 0 Å². The number of methoxy groups -OCH3 is 1. The van der Waals surface area contributed by atoms with Gasteiger partial charge in [0, 0.05) is 6.42 Å². The molecule has 0 N–H and O–H groups in total. The van der Waals surface area contributed by atoms with Crippen LogP contribution in [0.2, 0.25) is 0 Å². The van der Waals surface area contributed by atoms with Crippen LogP contribution in [0, 0.1) is 6.57 Å². The predicted octanol–water partition coefficient (Wildman–Crippen LogP) is 2.45. The molecule has 0 spiro atoms. The van der Waals surface area contributed by atoms with E-state index in [1.807, 2.05) is 18.4 Å². The molecule has 1 atom stereocenters. The molecule has 0 radical (unpaired) electrons. The van der Waals surface area contributed by atoms with Crippen LogP contribution in [0.4, 0.5) is 0 Å². The van der Waals surface area contributed by atoms with Gasteiger partial charge in [0.05, 0.1) is 7.11 Å². The molecule has 0 aliphatic heterocycles. The first-order valence-electron chi connectivity index (χ1n) is 4.22. The van der Waals surface area contributed by atoms with E-state index in [0.717, 1.165) is 4.88 Å². The summed E-state index contributed by atoms with van der Waals surface area (Å²) in [5.41, 5.74) is -1.14. The van der Waals surface area contributed by atoms with Gasteiger partial charge >= 0.3 is 11.5 Å². The molecule has 1 rings (SSSR count). The largest absolute Gasteiger partial charge is 0.463 e. The molecule has 0 fully saturated rings. The van der Waals surface area contributed by atoms with E-state index in [4.69, 9.17) is 6.57 Å². The fourth-order valence-corrected chi connectivity index (χ4v) is 2.21. The van der Waals surface area contributed by atoms with Crippen LogP contribution in [0.3, 0.4) is 0 Å². The van der Waals surface area contributed by atoms with Crippen LogP contribution in [-0.2, 0) is 15.1 Å². The highest BCUT2D eigenvalue weighted by atomic mass is 32.1. The molecule has 0 aromatic carbocycles. The molecule has 1 aromatic heterocycles. The fourth-order valence-electron chi connectivity index (χ4n) is 1.28. The van der Waals surface area contributed by atoms with Crippen molar-refractivity contribution in [3.05, 3.63) is 33.8 Å². The standard InChI is InChI=1S/C10H11NO2S/c1-4-10(11-2,9(12)13-3)8-6-5-7-14-8/h5-7H,4H2,1,3H3. The first-order valence-corrected chi connectivity index (χ1v) is 5.10. The maximum Gasteiger partial charge on any atom is 0.399 e. The number of hydrogen-bond donors (Lipinski definition) is 0. The Labute approximate surface area is 87.1 Å². The Morgan fingerprint density at radius 3 is 2.86 bits per heavy atom. The smallest absolute Gasteiger partial charge is 0.399 e. The van der Waals surface area contributed by atoms with E-state index in [0.29, 0.717) is 6.42 Å². The summed E-state index contributed by atoms with van der Waals surface area (Å²) in [4.78, 5) is 15.8. The van der Waals surface area contributed by atoms with Gasteiger partial charge in [-0.3, -0.25) is 4.85 Å². The van der Waals surface area contributed by atoms with Gasteiger partial charge < -0.3 is 4.74 Å². The number of nitrogens with zero attached hydrogens (tertiary/aromatic N) is 1. The molecule has 0 bridgehead atoms. The normalized spacial score (nSPS) is 14.1. The maximum atomic E-state index is 11.6. The van der Waals surface area contributed by atoms with Gasteiger partial charge in [-0.25, -0.2) is 11.4 Å². The molecule has 0 saturated heterocycles. The van der Waals surface area contributed by atoms with E-state index in [1.165, 1.54) is 18.4 Å². The second-order valence-electron chi connectivity index (χ2n) is 2.79. The topological polar surface area (TPSA) is 30.7 Å². The van der Waals surface area contributed by atoms with E-state index < -0.39 is 11.5 Å². The van der Waals surface area contributed by atoms with Crippen molar-refractivity contribution in [2.45, 2.75) is 18.9 Å². The first-order chi connectivity index (χ1) is 6.71. The minimum atomic E-state index is -1.14. The molecule has 74 valence electrons. The van der Waals surface area contributed by atoms with Crippen molar-refractivity contribution < 1.29 is 9.53 Å². The molecule has 0 saturated carbocycles.